The van der Waals surface area contributed by atoms with Crippen molar-refractivity contribution in [3.8, 4) is 0 Å². The van der Waals surface area contributed by atoms with E-state index in [1.807, 2.05) is 19.1 Å². The molecule has 0 saturated heterocycles. The van der Waals surface area contributed by atoms with Crippen LogP contribution in [0.4, 0.5) is 0 Å². The van der Waals surface area contributed by atoms with Gasteiger partial charge in [0.1, 0.15) is 0 Å². The van der Waals surface area contributed by atoms with Gasteiger partial charge >= 0.3 is 7.12 Å². The molecular formula is C8H9BN2O2. The van der Waals surface area contributed by atoms with Gasteiger partial charge in [-0.3, -0.25) is 0 Å². The molecule has 2 rings (SSSR count). The van der Waals surface area contributed by atoms with Crippen LogP contribution in [0.2, 0.25) is 5.82 Å². The maximum absolute atomic E-state index is 9.16. The van der Waals surface area contributed by atoms with Crippen molar-refractivity contribution in [1.29, 1.82) is 0 Å². The Labute approximate surface area is 76.1 Å². The minimum atomic E-state index is -1.38. The Morgan fingerprint density at radius 3 is 2.85 bits per heavy atom. The topological polar surface area (TPSA) is 65.2 Å². The monoisotopic (exact) mass is 176 g/mol. The molecule has 0 aromatic heterocycles. The molecule has 0 amide bonds. The third kappa shape index (κ3) is 1.26. The zero-order valence-corrected chi connectivity index (χ0v) is 7.18. The predicted octanol–water partition coefficient (Wildman–Crippen LogP) is 1.02. The summed E-state index contributed by atoms with van der Waals surface area (Å²) in [6, 6.07) is 0. The molecule has 0 aromatic rings. The quantitative estimate of drug-likeness (QED) is 0.585. The van der Waals surface area contributed by atoms with Crippen LogP contribution < -0.4 is 0 Å². The molecule has 1 aliphatic carbocycles. The number of nitrogens with zero attached hydrogens (tertiary/aromatic N) is 2. The molecule has 1 aliphatic heterocycles. The Morgan fingerprint density at radius 1 is 1.38 bits per heavy atom. The molecule has 0 radical (unpaired) electrons. The first-order valence-corrected chi connectivity index (χ1v) is 4.06. The molecule has 13 heavy (non-hydrogen) atoms. The highest BCUT2D eigenvalue weighted by Gasteiger charge is 2.33. The Balaban J connectivity index is 2.40. The Hall–Kier alpha value is -1.20. The van der Waals surface area contributed by atoms with Crippen LogP contribution in [0.15, 0.2) is 45.4 Å². The molecule has 0 unspecified atom stereocenters. The van der Waals surface area contributed by atoms with E-state index in [0.717, 1.165) is 16.8 Å². The molecule has 2 aliphatic rings. The lowest BCUT2D eigenvalue weighted by Crippen LogP contribution is -2.24. The molecule has 2 N–H and O–H groups in total. The molecule has 66 valence electrons. The molecule has 1 atom stereocenters. The van der Waals surface area contributed by atoms with Crippen molar-refractivity contribution >= 4 is 7.12 Å². The van der Waals surface area contributed by atoms with Crippen LogP contribution in [0.25, 0.3) is 0 Å². The summed E-state index contributed by atoms with van der Waals surface area (Å²) < 4.78 is 0. The van der Waals surface area contributed by atoms with E-state index >= 15 is 0 Å². The first-order chi connectivity index (χ1) is 6.20. The molecule has 0 aromatic carbocycles. The number of hydrogen-bond acceptors (Lipinski definition) is 4. The fourth-order valence-electron chi connectivity index (χ4n) is 1.60. The maximum Gasteiger partial charge on any atom is 0.463 e. The van der Waals surface area contributed by atoms with E-state index in [1.165, 1.54) is 0 Å². The Bertz CT molecular complexity index is 355. The number of azo groups is 1. The molecular weight excluding hydrogens is 167 g/mol. The van der Waals surface area contributed by atoms with E-state index in [4.69, 9.17) is 10.0 Å². The van der Waals surface area contributed by atoms with E-state index in [-0.39, 0.29) is 5.82 Å². The van der Waals surface area contributed by atoms with Crippen molar-refractivity contribution in [3.05, 3.63) is 35.2 Å². The van der Waals surface area contributed by atoms with Crippen molar-refractivity contribution in [2.24, 2.45) is 10.2 Å². The van der Waals surface area contributed by atoms with E-state index in [1.54, 1.807) is 6.20 Å². The van der Waals surface area contributed by atoms with Crippen LogP contribution >= 0.6 is 0 Å². The summed E-state index contributed by atoms with van der Waals surface area (Å²) >= 11 is 0. The van der Waals surface area contributed by atoms with Crippen LogP contribution in [0.1, 0.15) is 6.92 Å². The largest absolute Gasteiger partial charge is 0.463 e. The summed E-state index contributed by atoms with van der Waals surface area (Å²) in [5, 5.41) is 25.9. The second-order valence-corrected chi connectivity index (χ2v) is 3.15. The van der Waals surface area contributed by atoms with Gasteiger partial charge < -0.3 is 10.0 Å². The van der Waals surface area contributed by atoms with Crippen LogP contribution in [-0.4, -0.2) is 17.2 Å². The summed E-state index contributed by atoms with van der Waals surface area (Å²) in [5.74, 6) is -0.380. The van der Waals surface area contributed by atoms with Gasteiger partial charge in [0.25, 0.3) is 0 Å². The van der Waals surface area contributed by atoms with E-state index in [9.17, 15) is 0 Å². The summed E-state index contributed by atoms with van der Waals surface area (Å²) in [5.41, 5.74) is 2.43. The molecule has 1 heterocycles. The molecule has 0 saturated carbocycles. The molecule has 0 fully saturated rings. The summed E-state index contributed by atoms with van der Waals surface area (Å²) in [6.45, 7) is 1.86. The highest BCUT2D eigenvalue weighted by Crippen LogP contribution is 2.39. The fraction of sp³-hybridized carbons (Fsp3) is 0.250. The zero-order chi connectivity index (χ0) is 9.42. The predicted molar refractivity (Wildman–Crippen MR) is 48.7 cm³/mol. The summed E-state index contributed by atoms with van der Waals surface area (Å²) in [6.07, 6.45) is 5.24. The normalized spacial score (nSPS) is 24.8. The zero-order valence-electron chi connectivity index (χ0n) is 7.18. The van der Waals surface area contributed by atoms with Crippen molar-refractivity contribution in [2.75, 3.05) is 0 Å². The Kier molecular flexibility index (Phi) is 1.90. The minimum Gasteiger partial charge on any atom is -0.426 e. The van der Waals surface area contributed by atoms with Crippen LogP contribution in [-0.2, 0) is 0 Å². The summed E-state index contributed by atoms with van der Waals surface area (Å²) in [7, 11) is -1.38. The lowest BCUT2D eigenvalue weighted by atomic mass is 9.63. The number of fused-ring (bicyclic) bond motifs is 1. The van der Waals surface area contributed by atoms with E-state index in [0.29, 0.717) is 0 Å². The third-order valence-corrected chi connectivity index (χ3v) is 2.29. The van der Waals surface area contributed by atoms with Gasteiger partial charge in [-0.1, -0.05) is 11.6 Å². The highest BCUT2D eigenvalue weighted by atomic mass is 16.4. The van der Waals surface area contributed by atoms with Gasteiger partial charge in [0.2, 0.25) is 0 Å². The first-order valence-electron chi connectivity index (χ1n) is 4.06. The lowest BCUT2D eigenvalue weighted by Gasteiger charge is -2.20. The molecule has 5 heteroatoms. The van der Waals surface area contributed by atoms with Gasteiger partial charge in [-0.05, 0) is 13.0 Å². The van der Waals surface area contributed by atoms with E-state index < -0.39 is 7.12 Å². The second-order valence-electron chi connectivity index (χ2n) is 3.15. The SMILES string of the molecule is CC1=CC=C2N=NC=C2[C@H]1B(O)O. The molecule has 0 bridgehead atoms. The standard InChI is InChI=1S/C8H9BN2O2/c1-5-2-3-7-6(4-10-11-7)8(5)9(12)13/h2-4,8,12-13H,1H3/t8-/m0/s1. The van der Waals surface area contributed by atoms with Crippen molar-refractivity contribution in [3.63, 3.8) is 0 Å². The maximum atomic E-state index is 9.16. The van der Waals surface area contributed by atoms with Crippen molar-refractivity contribution < 1.29 is 10.0 Å². The van der Waals surface area contributed by atoms with Gasteiger partial charge in [-0.25, -0.2) is 0 Å². The lowest BCUT2D eigenvalue weighted by molar-refractivity contribution is 0.398. The van der Waals surface area contributed by atoms with Crippen LogP contribution in [0.3, 0.4) is 0 Å². The average Bonchev–Trinajstić information content (AvgIpc) is 2.50. The first kappa shape index (κ1) is 8.41. The van der Waals surface area contributed by atoms with Gasteiger partial charge in [0.05, 0.1) is 11.9 Å². The number of rotatable bonds is 1. The van der Waals surface area contributed by atoms with Crippen LogP contribution in [0.5, 0.6) is 0 Å². The minimum absolute atomic E-state index is 0.380. The van der Waals surface area contributed by atoms with Crippen molar-refractivity contribution in [2.45, 2.75) is 12.7 Å². The number of hydrogen-bond donors (Lipinski definition) is 2. The highest BCUT2D eigenvalue weighted by molar-refractivity contribution is 6.45. The van der Waals surface area contributed by atoms with Gasteiger partial charge in [0, 0.05) is 11.4 Å². The molecule has 4 nitrogen and oxygen atoms in total. The molecule has 0 spiro atoms. The third-order valence-electron chi connectivity index (χ3n) is 2.29. The smallest absolute Gasteiger partial charge is 0.426 e. The Morgan fingerprint density at radius 2 is 2.15 bits per heavy atom. The van der Waals surface area contributed by atoms with Gasteiger partial charge in [-0.15, -0.1) is 0 Å². The summed E-state index contributed by atoms with van der Waals surface area (Å²) in [4.78, 5) is 0. The van der Waals surface area contributed by atoms with Crippen molar-refractivity contribution in [1.82, 2.24) is 0 Å². The van der Waals surface area contributed by atoms with Crippen LogP contribution in [0, 0.1) is 0 Å². The second kappa shape index (κ2) is 2.94. The average molecular weight is 176 g/mol. The van der Waals surface area contributed by atoms with E-state index in [2.05, 4.69) is 10.2 Å². The fourth-order valence-corrected chi connectivity index (χ4v) is 1.60. The van der Waals surface area contributed by atoms with Gasteiger partial charge in [-0.2, -0.15) is 10.2 Å². The number of allylic oxidation sites excluding steroid dienone is 4. The van der Waals surface area contributed by atoms with Gasteiger partial charge in [0.15, 0.2) is 0 Å².